The Bertz CT molecular complexity index is 895. The Morgan fingerprint density at radius 1 is 1.22 bits per heavy atom. The Hall–Kier alpha value is -2.01. The van der Waals surface area contributed by atoms with Gasteiger partial charge in [-0.25, -0.2) is 0 Å². The van der Waals surface area contributed by atoms with Crippen molar-refractivity contribution in [2.45, 2.75) is 65.0 Å². The lowest BCUT2D eigenvalue weighted by atomic mass is 9.59. The van der Waals surface area contributed by atoms with Crippen LogP contribution in [-0.2, 0) is 9.53 Å². The fourth-order valence-electron chi connectivity index (χ4n) is 6.96. The lowest BCUT2D eigenvalue weighted by Gasteiger charge is -2.46. The number of ether oxygens (including phenoxy) is 2. The molecule has 0 aromatic heterocycles. The topological polar surface area (TPSA) is 42.0 Å². The van der Waals surface area contributed by atoms with Crippen LogP contribution in [0.25, 0.3) is 0 Å². The molecule has 32 heavy (non-hydrogen) atoms. The highest BCUT2D eigenvalue weighted by Gasteiger charge is 2.53. The summed E-state index contributed by atoms with van der Waals surface area (Å²) in [6.07, 6.45) is 5.95. The summed E-state index contributed by atoms with van der Waals surface area (Å²) >= 11 is 0. The number of allylic oxidation sites excluding steroid dienone is 2. The molecule has 2 aliphatic carbocycles. The van der Waals surface area contributed by atoms with Crippen molar-refractivity contribution in [2.24, 2.45) is 17.3 Å². The molecule has 1 aromatic carbocycles. The first-order valence-corrected chi connectivity index (χ1v) is 12.4. The van der Waals surface area contributed by atoms with Gasteiger partial charge in [-0.2, -0.15) is 0 Å². The summed E-state index contributed by atoms with van der Waals surface area (Å²) in [4.78, 5) is 17.9. The first-order valence-electron chi connectivity index (χ1n) is 12.4. The van der Waals surface area contributed by atoms with Gasteiger partial charge in [0.25, 0.3) is 0 Å². The summed E-state index contributed by atoms with van der Waals surface area (Å²) in [5, 5.41) is 0. The third-order valence-electron chi connectivity index (χ3n) is 8.75. The van der Waals surface area contributed by atoms with Crippen LogP contribution in [0.4, 0.5) is 5.69 Å². The van der Waals surface area contributed by atoms with Crippen LogP contribution in [0.3, 0.4) is 0 Å². The van der Waals surface area contributed by atoms with E-state index in [0.29, 0.717) is 12.0 Å². The number of carbonyl (C=O) groups excluding carboxylic acids is 1. The van der Waals surface area contributed by atoms with Crippen molar-refractivity contribution in [1.29, 1.82) is 0 Å². The number of nitrogens with zero attached hydrogens (tertiary/aromatic N) is 2. The second-order valence-corrected chi connectivity index (χ2v) is 10.8. The average Bonchev–Trinajstić information content (AvgIpc) is 3.06. The molecule has 174 valence electrons. The first-order chi connectivity index (χ1) is 15.4. The minimum absolute atomic E-state index is 0.0199. The molecular formula is C27H38N2O3. The maximum absolute atomic E-state index is 12.9. The predicted molar refractivity (Wildman–Crippen MR) is 127 cm³/mol. The van der Waals surface area contributed by atoms with E-state index in [4.69, 9.17) is 9.47 Å². The Morgan fingerprint density at radius 3 is 2.72 bits per heavy atom. The van der Waals surface area contributed by atoms with Crippen LogP contribution in [0, 0.1) is 17.3 Å². The number of rotatable bonds is 4. The van der Waals surface area contributed by atoms with E-state index in [1.807, 2.05) is 12.1 Å². The van der Waals surface area contributed by atoms with E-state index >= 15 is 0 Å². The van der Waals surface area contributed by atoms with Gasteiger partial charge in [-0.15, -0.1) is 0 Å². The van der Waals surface area contributed by atoms with E-state index < -0.39 is 0 Å². The number of hydrogen-bond acceptors (Lipinski definition) is 5. The zero-order valence-electron chi connectivity index (χ0n) is 20.1. The monoisotopic (exact) mass is 438 g/mol. The summed E-state index contributed by atoms with van der Waals surface area (Å²) in [5.74, 6) is 1.31. The largest absolute Gasteiger partial charge is 0.497 e. The van der Waals surface area contributed by atoms with Crippen LogP contribution >= 0.6 is 0 Å². The van der Waals surface area contributed by atoms with Gasteiger partial charge < -0.3 is 14.4 Å². The second kappa shape index (κ2) is 8.40. The highest BCUT2D eigenvalue weighted by molar-refractivity contribution is 5.76. The molecule has 2 aliphatic heterocycles. The fraction of sp³-hybridized carbons (Fsp3) is 0.667. The van der Waals surface area contributed by atoms with Crippen LogP contribution < -0.4 is 9.64 Å². The summed E-state index contributed by atoms with van der Waals surface area (Å²) in [5.41, 5.74) is 4.71. The highest BCUT2D eigenvalue weighted by atomic mass is 16.6. The minimum Gasteiger partial charge on any atom is -0.497 e. The molecule has 5 nitrogen and oxygen atoms in total. The predicted octanol–water partition coefficient (Wildman–Crippen LogP) is 4.66. The molecule has 0 amide bonds. The Balaban J connectivity index is 1.25. The Kier molecular flexibility index (Phi) is 5.73. The number of fused-ring (bicyclic) bond motifs is 2. The minimum atomic E-state index is 0.0199. The van der Waals surface area contributed by atoms with Crippen molar-refractivity contribution in [1.82, 2.24) is 4.90 Å². The number of benzene rings is 1. The molecule has 4 aliphatic rings. The van der Waals surface area contributed by atoms with E-state index in [1.54, 1.807) is 18.3 Å². The fourth-order valence-corrected chi connectivity index (χ4v) is 6.96. The Labute approximate surface area is 192 Å². The molecule has 0 bridgehead atoms. The maximum atomic E-state index is 12.9. The summed E-state index contributed by atoms with van der Waals surface area (Å²) in [6, 6.07) is 8.75. The van der Waals surface area contributed by atoms with Gasteiger partial charge in [-0.3, -0.25) is 9.69 Å². The number of anilines is 1. The van der Waals surface area contributed by atoms with Crippen LogP contribution in [0.1, 0.15) is 52.9 Å². The molecule has 0 N–H and O–H groups in total. The van der Waals surface area contributed by atoms with E-state index in [-0.39, 0.29) is 23.4 Å². The SMILES string of the molecule is COc1ccc(N2CCN(C[C@H]3C(=O)O[C@@H]4C[C@@]5(C)CCCC(C)=C5C[C@H]43)C[C@@H]2C)cc1. The number of esters is 1. The van der Waals surface area contributed by atoms with E-state index in [0.717, 1.165) is 44.8 Å². The van der Waals surface area contributed by atoms with Crippen molar-refractivity contribution in [3.8, 4) is 5.75 Å². The standard InChI is InChI=1S/C27H38N2O3/c1-18-6-5-11-27(3)15-25-22(14-24(18)27)23(26(30)32-25)17-28-12-13-29(19(2)16-28)20-7-9-21(31-4)10-8-20/h7-10,19,22-23,25H,5-6,11-17H2,1-4H3/t19-,22-,23+,25+,27+/m0/s1. The van der Waals surface area contributed by atoms with Gasteiger partial charge in [0.2, 0.25) is 0 Å². The van der Waals surface area contributed by atoms with Gasteiger partial charge in [0.15, 0.2) is 0 Å². The van der Waals surface area contributed by atoms with Gasteiger partial charge in [-0.05, 0) is 75.6 Å². The van der Waals surface area contributed by atoms with Gasteiger partial charge >= 0.3 is 5.97 Å². The van der Waals surface area contributed by atoms with Crippen LogP contribution in [0.5, 0.6) is 5.75 Å². The molecule has 3 fully saturated rings. The summed E-state index contributed by atoms with van der Waals surface area (Å²) in [6.45, 7) is 10.8. The number of carbonyl (C=O) groups is 1. The van der Waals surface area contributed by atoms with Gasteiger partial charge in [0.1, 0.15) is 11.9 Å². The lowest BCUT2D eigenvalue weighted by Crippen LogP contribution is -2.53. The van der Waals surface area contributed by atoms with Gasteiger partial charge in [0, 0.05) is 43.8 Å². The van der Waals surface area contributed by atoms with E-state index in [1.165, 1.54) is 24.9 Å². The maximum Gasteiger partial charge on any atom is 0.310 e. The zero-order valence-corrected chi connectivity index (χ0v) is 20.1. The molecule has 0 radical (unpaired) electrons. The zero-order chi connectivity index (χ0) is 22.5. The van der Waals surface area contributed by atoms with Crippen molar-refractivity contribution in [3.05, 3.63) is 35.4 Å². The van der Waals surface area contributed by atoms with Gasteiger partial charge in [-0.1, -0.05) is 18.1 Å². The molecule has 0 unspecified atom stereocenters. The van der Waals surface area contributed by atoms with E-state index in [9.17, 15) is 4.79 Å². The molecule has 1 aromatic rings. The number of hydrogen-bond donors (Lipinski definition) is 0. The molecule has 1 saturated carbocycles. The van der Waals surface area contributed by atoms with Crippen LogP contribution in [-0.4, -0.2) is 56.3 Å². The van der Waals surface area contributed by atoms with Crippen LogP contribution in [0.2, 0.25) is 0 Å². The normalized spacial score (nSPS) is 35.4. The van der Waals surface area contributed by atoms with Crippen molar-refractivity contribution >= 4 is 11.7 Å². The Morgan fingerprint density at radius 2 is 2.00 bits per heavy atom. The molecule has 5 atom stereocenters. The summed E-state index contributed by atoms with van der Waals surface area (Å²) < 4.78 is 11.3. The molecular weight excluding hydrogens is 400 g/mol. The first kappa shape index (κ1) is 21.8. The molecule has 0 spiro atoms. The molecule has 2 heterocycles. The summed E-state index contributed by atoms with van der Waals surface area (Å²) in [7, 11) is 1.70. The lowest BCUT2D eigenvalue weighted by molar-refractivity contribution is -0.145. The second-order valence-electron chi connectivity index (χ2n) is 10.8. The van der Waals surface area contributed by atoms with Crippen molar-refractivity contribution in [3.63, 3.8) is 0 Å². The average molecular weight is 439 g/mol. The molecule has 5 heteroatoms. The van der Waals surface area contributed by atoms with Crippen molar-refractivity contribution in [2.75, 3.05) is 38.2 Å². The quantitative estimate of drug-likeness (QED) is 0.505. The van der Waals surface area contributed by atoms with Crippen molar-refractivity contribution < 1.29 is 14.3 Å². The van der Waals surface area contributed by atoms with Crippen LogP contribution in [0.15, 0.2) is 35.4 Å². The number of piperazine rings is 1. The third kappa shape index (κ3) is 3.83. The molecule has 5 rings (SSSR count). The van der Waals surface area contributed by atoms with Gasteiger partial charge in [0.05, 0.1) is 13.0 Å². The molecule has 2 saturated heterocycles. The third-order valence-corrected chi connectivity index (χ3v) is 8.75. The highest BCUT2D eigenvalue weighted by Crippen LogP contribution is 2.55. The smallest absolute Gasteiger partial charge is 0.310 e. The van der Waals surface area contributed by atoms with E-state index in [2.05, 4.69) is 42.7 Å². The number of methoxy groups -OCH3 is 1.